The first kappa shape index (κ1) is 13.3. The minimum Gasteiger partial charge on any atom is -0.480 e. The van der Waals surface area contributed by atoms with Gasteiger partial charge in [0.1, 0.15) is 6.61 Å². The third kappa shape index (κ3) is 2.42. The molecule has 0 heterocycles. The lowest BCUT2D eigenvalue weighted by Gasteiger charge is -2.21. The second-order valence-corrected chi connectivity index (χ2v) is 2.59. The first-order valence-corrected chi connectivity index (χ1v) is 3.91. The molecule has 0 aromatic heterocycles. The van der Waals surface area contributed by atoms with Gasteiger partial charge in [-0.3, -0.25) is 19.2 Å². The number of hydroxylamine groups is 1. The van der Waals surface area contributed by atoms with Crippen molar-refractivity contribution in [3.8, 4) is 0 Å². The molecule has 0 atom stereocenters. The number of nitrogens with one attached hydrogen (secondary N) is 2. The van der Waals surface area contributed by atoms with Crippen molar-refractivity contribution in [3.63, 3.8) is 0 Å². The second-order valence-electron chi connectivity index (χ2n) is 2.59. The lowest BCUT2D eigenvalue weighted by molar-refractivity contribution is -0.175. The van der Waals surface area contributed by atoms with Gasteiger partial charge in [0.05, 0.1) is 0 Å². The molecule has 0 rings (SSSR count). The molecule has 0 bridgehead atoms. The molecule has 0 aliphatic heterocycles. The third-order valence-electron chi connectivity index (χ3n) is 1.78. The van der Waals surface area contributed by atoms with E-state index >= 15 is 0 Å². The summed E-state index contributed by atoms with van der Waals surface area (Å²) in [6, 6.07) is 0. The van der Waals surface area contributed by atoms with Gasteiger partial charge in [-0.15, -0.1) is 0 Å². The zero-order chi connectivity index (χ0) is 12.1. The van der Waals surface area contributed by atoms with Crippen molar-refractivity contribution < 1.29 is 29.4 Å². The molecule has 4 N–H and O–H groups in total. The molecule has 1 amide bonds. The summed E-state index contributed by atoms with van der Waals surface area (Å²) in [7, 11) is 2.46. The van der Waals surface area contributed by atoms with Crippen molar-refractivity contribution in [1.82, 2.24) is 10.8 Å². The highest BCUT2D eigenvalue weighted by Gasteiger charge is 2.54. The van der Waals surface area contributed by atoms with E-state index in [1.54, 1.807) is 0 Å². The van der Waals surface area contributed by atoms with Crippen LogP contribution in [0, 0.1) is 5.41 Å². The molecule has 0 radical (unpaired) electrons. The fourth-order valence-electron chi connectivity index (χ4n) is 0.869. The van der Waals surface area contributed by atoms with Crippen LogP contribution in [-0.2, 0) is 19.2 Å². The Hall–Kier alpha value is -1.67. The lowest BCUT2D eigenvalue weighted by Crippen LogP contribution is -2.54. The van der Waals surface area contributed by atoms with Crippen molar-refractivity contribution >= 4 is 17.8 Å². The van der Waals surface area contributed by atoms with E-state index in [0.29, 0.717) is 0 Å². The Balaban J connectivity index is 5.17. The SMILES string of the molecule is CNOCC(C(=O)O)(C(=O)O)C(=O)NC. The highest BCUT2D eigenvalue weighted by molar-refractivity contribution is 6.18. The summed E-state index contributed by atoms with van der Waals surface area (Å²) in [5.41, 5.74) is -0.536. The number of hydrogen-bond acceptors (Lipinski definition) is 5. The summed E-state index contributed by atoms with van der Waals surface area (Å²) in [5, 5.41) is 19.5. The summed E-state index contributed by atoms with van der Waals surface area (Å²) in [4.78, 5) is 37.4. The first-order chi connectivity index (χ1) is 6.93. The largest absolute Gasteiger partial charge is 0.480 e. The van der Waals surface area contributed by atoms with Gasteiger partial charge >= 0.3 is 11.9 Å². The van der Waals surface area contributed by atoms with Gasteiger partial charge in [-0.2, -0.15) is 0 Å². The molecule has 0 saturated carbocycles. The van der Waals surface area contributed by atoms with Crippen molar-refractivity contribution in [1.29, 1.82) is 0 Å². The zero-order valence-corrected chi connectivity index (χ0v) is 8.23. The second kappa shape index (κ2) is 5.27. The average Bonchev–Trinajstić information content (AvgIpc) is 2.17. The molecule has 0 saturated heterocycles. The number of rotatable bonds is 6. The van der Waals surface area contributed by atoms with Gasteiger partial charge in [0, 0.05) is 14.1 Å². The van der Waals surface area contributed by atoms with Crippen LogP contribution in [0.15, 0.2) is 0 Å². The summed E-state index contributed by atoms with van der Waals surface area (Å²) in [5.74, 6) is -4.73. The topological polar surface area (TPSA) is 125 Å². The summed E-state index contributed by atoms with van der Waals surface area (Å²) >= 11 is 0. The quantitative estimate of drug-likeness (QED) is 0.302. The maximum atomic E-state index is 11.2. The number of carboxylic acid groups (broad SMARTS) is 2. The van der Waals surface area contributed by atoms with Crippen LogP contribution in [-0.4, -0.2) is 48.8 Å². The maximum Gasteiger partial charge on any atom is 0.333 e. The van der Waals surface area contributed by atoms with E-state index in [1.165, 1.54) is 7.05 Å². The molecule has 0 aliphatic rings. The average molecular weight is 220 g/mol. The standard InChI is InChI=1S/C7H12N2O6/c1-8-4(10)7(5(11)12,6(13)14)3-15-9-2/h9H,3H2,1-2H3,(H,8,10)(H,11,12)(H,13,14). The van der Waals surface area contributed by atoms with Gasteiger partial charge in [0.15, 0.2) is 0 Å². The minimum absolute atomic E-state index is 0.812. The fraction of sp³-hybridized carbons (Fsp3) is 0.571. The van der Waals surface area contributed by atoms with Gasteiger partial charge in [0.25, 0.3) is 11.3 Å². The van der Waals surface area contributed by atoms with E-state index in [4.69, 9.17) is 10.2 Å². The molecule has 8 nitrogen and oxygen atoms in total. The Labute approximate surface area is 85.2 Å². The van der Waals surface area contributed by atoms with E-state index in [-0.39, 0.29) is 0 Å². The Morgan fingerprint density at radius 2 is 1.67 bits per heavy atom. The lowest BCUT2D eigenvalue weighted by atomic mass is 9.88. The predicted octanol–water partition coefficient (Wildman–Crippen LogP) is -1.96. The molecule has 0 aliphatic carbocycles. The molecule has 0 aromatic rings. The molecular weight excluding hydrogens is 208 g/mol. The Bertz CT molecular complexity index is 263. The molecule has 0 aromatic carbocycles. The molecule has 8 heteroatoms. The van der Waals surface area contributed by atoms with Crippen LogP contribution in [0.25, 0.3) is 0 Å². The fourth-order valence-corrected chi connectivity index (χ4v) is 0.869. The molecule has 0 unspecified atom stereocenters. The number of amides is 1. The smallest absolute Gasteiger partial charge is 0.333 e. The molecule has 0 fully saturated rings. The van der Waals surface area contributed by atoms with E-state index in [9.17, 15) is 14.4 Å². The highest BCUT2D eigenvalue weighted by atomic mass is 16.6. The van der Waals surface area contributed by atoms with Crippen molar-refractivity contribution in [2.24, 2.45) is 5.41 Å². The summed E-state index contributed by atoms with van der Waals surface area (Å²) in [6.45, 7) is -0.812. The van der Waals surface area contributed by atoms with E-state index < -0.39 is 29.9 Å². The highest BCUT2D eigenvalue weighted by Crippen LogP contribution is 2.18. The van der Waals surface area contributed by atoms with Crippen molar-refractivity contribution in [3.05, 3.63) is 0 Å². The van der Waals surface area contributed by atoms with Crippen LogP contribution >= 0.6 is 0 Å². The van der Waals surface area contributed by atoms with Crippen LogP contribution in [0.3, 0.4) is 0 Å². The predicted molar refractivity (Wildman–Crippen MR) is 46.8 cm³/mol. The number of carboxylic acids is 2. The molecule has 86 valence electrons. The Morgan fingerprint density at radius 1 is 1.20 bits per heavy atom. The van der Waals surface area contributed by atoms with Crippen LogP contribution in [0.2, 0.25) is 0 Å². The molecular formula is C7H12N2O6. The van der Waals surface area contributed by atoms with E-state index in [2.05, 4.69) is 10.3 Å². The summed E-state index contributed by atoms with van der Waals surface area (Å²) < 4.78 is 0. The van der Waals surface area contributed by atoms with Crippen molar-refractivity contribution in [2.75, 3.05) is 20.7 Å². The first-order valence-electron chi connectivity index (χ1n) is 3.91. The maximum absolute atomic E-state index is 11.2. The third-order valence-corrected chi connectivity index (χ3v) is 1.78. The number of carbonyl (C=O) groups is 3. The van der Waals surface area contributed by atoms with Gasteiger partial charge in [-0.05, 0) is 0 Å². The molecule has 15 heavy (non-hydrogen) atoms. The van der Waals surface area contributed by atoms with Gasteiger partial charge in [-0.1, -0.05) is 0 Å². The molecule has 0 spiro atoms. The van der Waals surface area contributed by atoms with Gasteiger partial charge in [-0.25, -0.2) is 5.48 Å². The van der Waals surface area contributed by atoms with Crippen molar-refractivity contribution in [2.45, 2.75) is 0 Å². The number of hydrogen-bond donors (Lipinski definition) is 4. The minimum atomic E-state index is -2.64. The Morgan fingerprint density at radius 3 is 1.93 bits per heavy atom. The monoisotopic (exact) mass is 220 g/mol. The zero-order valence-electron chi connectivity index (χ0n) is 8.23. The van der Waals surface area contributed by atoms with Crippen LogP contribution in [0.4, 0.5) is 0 Å². The normalized spacial score (nSPS) is 10.8. The van der Waals surface area contributed by atoms with Crippen LogP contribution in [0.1, 0.15) is 0 Å². The Kier molecular flexibility index (Phi) is 4.68. The van der Waals surface area contributed by atoms with Crippen LogP contribution < -0.4 is 10.8 Å². The van der Waals surface area contributed by atoms with Gasteiger partial charge < -0.3 is 15.5 Å². The summed E-state index contributed by atoms with van der Waals surface area (Å²) in [6.07, 6.45) is 0. The van der Waals surface area contributed by atoms with Crippen LogP contribution in [0.5, 0.6) is 0 Å². The van der Waals surface area contributed by atoms with E-state index in [0.717, 1.165) is 7.05 Å². The number of carbonyl (C=O) groups excluding carboxylic acids is 1. The number of aliphatic carboxylic acids is 2. The van der Waals surface area contributed by atoms with E-state index in [1.807, 2.05) is 5.32 Å². The van der Waals surface area contributed by atoms with Gasteiger partial charge in [0.2, 0.25) is 0 Å².